The van der Waals surface area contributed by atoms with Crippen molar-refractivity contribution >= 4 is 29.5 Å². The molecule has 3 aromatic heterocycles. The molecule has 0 radical (unpaired) electrons. The molecule has 1 aliphatic heterocycles. The van der Waals surface area contributed by atoms with E-state index in [1.165, 1.54) is 0 Å². The molecule has 6 aromatic carbocycles. The number of imidazole rings is 1. The van der Waals surface area contributed by atoms with Crippen LogP contribution in [0.15, 0.2) is 176 Å². The van der Waals surface area contributed by atoms with Crippen molar-refractivity contribution in [1.82, 2.24) is 23.8 Å². The fourth-order valence-corrected chi connectivity index (χ4v) is 9.12. The molecule has 10 rings (SSSR count). The number of fused-ring (bicyclic) bond motifs is 4. The van der Waals surface area contributed by atoms with Crippen LogP contribution in [-0.2, 0) is 24.8 Å². The van der Waals surface area contributed by atoms with Crippen molar-refractivity contribution in [3.8, 4) is 56.4 Å². The Labute approximate surface area is 375 Å². The van der Waals surface area contributed by atoms with E-state index in [0.717, 1.165) is 34.6 Å². The minimum atomic E-state index is -0.559. The minimum absolute atomic E-state index is 0.104. The third-order valence-electron chi connectivity index (χ3n) is 10.8. The van der Waals surface area contributed by atoms with Gasteiger partial charge in [0.2, 0.25) is 0 Å². The maximum atomic E-state index is 9.07. The topological polar surface area (TPSA) is 53.0 Å². The summed E-state index contributed by atoms with van der Waals surface area (Å²) in [6.45, 7) is 8.53. The van der Waals surface area contributed by atoms with E-state index in [0.29, 0.717) is 32.0 Å². The number of aromatic nitrogens is 5. The Morgan fingerprint density at radius 3 is 2.03 bits per heavy atom. The number of ether oxygens (including phenoxy) is 1. The van der Waals surface area contributed by atoms with E-state index in [1.54, 1.807) is 18.2 Å². The number of benzene rings is 6. The van der Waals surface area contributed by atoms with E-state index < -0.39 is 60.4 Å². The van der Waals surface area contributed by atoms with Crippen molar-refractivity contribution in [3.05, 3.63) is 185 Å². The number of nitrogens with zero attached hydrogens (tertiary/aromatic N) is 6. The molecule has 0 bridgehead atoms. The van der Waals surface area contributed by atoms with Crippen molar-refractivity contribution < 1.29 is 37.8 Å². The van der Waals surface area contributed by atoms with Gasteiger partial charge in [-0.25, -0.2) is 0 Å². The van der Waals surface area contributed by atoms with Crippen LogP contribution in [0.1, 0.15) is 47.0 Å². The number of rotatable bonds is 8. The van der Waals surface area contributed by atoms with Crippen LogP contribution in [0.3, 0.4) is 0 Å². The first kappa shape index (κ1) is 28.1. The maximum absolute atomic E-state index is 9.07. The fraction of sp³-hybridized carbons (Fsp3) is 0.118. The normalized spacial score (nSPS) is 14.8. The van der Waals surface area contributed by atoms with Gasteiger partial charge in [-0.05, 0) is 17.0 Å². The summed E-state index contributed by atoms with van der Waals surface area (Å²) in [5.74, 6) is 1.92. The first-order chi connectivity index (χ1) is 33.4. The van der Waals surface area contributed by atoms with Crippen molar-refractivity contribution in [3.63, 3.8) is 0 Å². The molecule has 1 aliphatic rings. The molecule has 0 amide bonds. The summed E-state index contributed by atoms with van der Waals surface area (Å²) in [4.78, 5) is 7.11. The molecule has 0 saturated heterocycles. The first-order valence-electron chi connectivity index (χ1n) is 24.6. The zero-order chi connectivity index (χ0) is 49.7. The van der Waals surface area contributed by atoms with Gasteiger partial charge in [0, 0.05) is 12.4 Å². The predicted octanol–water partition coefficient (Wildman–Crippen LogP) is 12.7. The molecular formula is C51H43BN6OPt. The van der Waals surface area contributed by atoms with Gasteiger partial charge in [0.25, 0.3) is 0 Å². The Hall–Kier alpha value is -6.50. The number of pyridine rings is 1. The second-order valence-electron chi connectivity index (χ2n) is 15.5. The van der Waals surface area contributed by atoms with Crippen LogP contribution in [0.4, 0.5) is 11.5 Å². The molecule has 296 valence electrons. The van der Waals surface area contributed by atoms with Crippen LogP contribution < -0.4 is 9.55 Å². The van der Waals surface area contributed by atoms with Crippen LogP contribution in [0.2, 0.25) is 6.32 Å². The van der Waals surface area contributed by atoms with E-state index in [2.05, 4.69) is 64.0 Å². The van der Waals surface area contributed by atoms with Gasteiger partial charge in [-0.15, -0.1) is 0 Å². The molecule has 0 unspecified atom stereocenters. The number of anilines is 2. The standard InChI is InChI=1S/C51H43BN6O.Pt/c1-5-52-57(49-32-38(28-30-53-49)51(2,3)4)48-34-41(26-27-44(48)45-29-31-54-58(45)52)59-40-21-14-20-39(33-40)55-35-56(47-25-13-12-24-46(47)55)50-42(36-16-8-6-9-17-36)22-15-23-43(50)37-18-10-7-11-19-37;/h6-34H,5H2,1-4H3;/i6D,7D,8D,9D,10D,11D,16D,17D,18D,19D;. The summed E-state index contributed by atoms with van der Waals surface area (Å²) >= 11 is 2.17. The predicted molar refractivity (Wildman–Crippen MR) is 241 cm³/mol. The van der Waals surface area contributed by atoms with Crippen molar-refractivity contribution in [2.24, 2.45) is 0 Å². The zero-order valence-electron chi connectivity index (χ0n) is 43.2. The van der Waals surface area contributed by atoms with E-state index in [4.69, 9.17) is 28.5 Å². The summed E-state index contributed by atoms with van der Waals surface area (Å²) in [6, 6.07) is 27.1. The van der Waals surface area contributed by atoms with Crippen molar-refractivity contribution in [2.45, 2.75) is 39.4 Å². The van der Waals surface area contributed by atoms with Crippen LogP contribution in [-0.4, -0.2) is 30.8 Å². The third kappa shape index (κ3) is 6.56. The number of hydrogen-bond acceptors (Lipinski definition) is 4. The average Bonchev–Trinajstić information content (AvgIpc) is 3.96. The monoisotopic (exact) mass is 971 g/mol. The Morgan fingerprint density at radius 1 is 0.683 bits per heavy atom. The molecule has 0 atom stereocenters. The molecule has 0 fully saturated rings. The van der Waals surface area contributed by atoms with Gasteiger partial charge in [0.05, 0.1) is 0 Å². The molecule has 0 saturated carbocycles. The first-order valence-corrected chi connectivity index (χ1v) is 20.7. The summed E-state index contributed by atoms with van der Waals surface area (Å²) in [7, 11) is 0. The summed E-state index contributed by atoms with van der Waals surface area (Å²) in [5, 5.41) is 4.74. The second kappa shape index (κ2) is 15.3. The third-order valence-corrected chi connectivity index (χ3v) is 11.8. The van der Waals surface area contributed by atoms with Crippen LogP contribution in [0.25, 0.3) is 55.9 Å². The summed E-state index contributed by atoms with van der Waals surface area (Å²) in [6.07, 6.45) is 4.43. The molecule has 7 nitrogen and oxygen atoms in total. The molecule has 0 aliphatic carbocycles. The number of hydrogen-bond donors (Lipinski definition) is 0. The SMILES string of the molecule is [2H]c1c([2H])c([2H])c(-c2cccc(-c3c([2H])c([2H])c([2H])c([2H])c3[2H])c2-n2[c](=[Pt])n(-c3cccc(Oc4ccc5c(c4)N(c4cc(C(C)(C)C)ccn4)B(CC)n4nccc4-5)c3)c3ccccc32)c([2H])c1[2H]. The van der Waals surface area contributed by atoms with Gasteiger partial charge < -0.3 is 0 Å². The molecule has 60 heavy (non-hydrogen) atoms. The molecule has 0 N–H and O–H groups in total. The van der Waals surface area contributed by atoms with Gasteiger partial charge in [0.1, 0.15) is 0 Å². The van der Waals surface area contributed by atoms with Crippen molar-refractivity contribution in [1.29, 1.82) is 0 Å². The van der Waals surface area contributed by atoms with E-state index in [-0.39, 0.29) is 40.3 Å². The van der Waals surface area contributed by atoms with Crippen LogP contribution >= 0.6 is 0 Å². The van der Waals surface area contributed by atoms with Crippen LogP contribution in [0, 0.1) is 3.80 Å². The second-order valence-corrected chi connectivity index (χ2v) is 16.5. The molecule has 9 aromatic rings. The molecule has 9 heteroatoms. The van der Waals surface area contributed by atoms with E-state index in [9.17, 15) is 0 Å². The van der Waals surface area contributed by atoms with Gasteiger partial charge >= 0.3 is 315 Å². The average molecular weight is 972 g/mol. The van der Waals surface area contributed by atoms with Crippen molar-refractivity contribution in [2.75, 3.05) is 4.81 Å². The summed E-state index contributed by atoms with van der Waals surface area (Å²) < 4.78 is 101. The Kier molecular flexibility index (Phi) is 7.14. The van der Waals surface area contributed by atoms with Gasteiger partial charge in [-0.1, -0.05) is 27.7 Å². The number of para-hydroxylation sites is 3. The Bertz CT molecular complexity index is 3550. The quantitative estimate of drug-likeness (QED) is 0.142. The van der Waals surface area contributed by atoms with E-state index >= 15 is 0 Å². The molecular weight excluding hydrogens is 918 g/mol. The van der Waals surface area contributed by atoms with E-state index in [1.807, 2.05) is 98.9 Å². The zero-order valence-corrected chi connectivity index (χ0v) is 35.4. The fourth-order valence-electron chi connectivity index (χ4n) is 8.02. The Morgan fingerprint density at radius 2 is 1.35 bits per heavy atom. The van der Waals surface area contributed by atoms with Gasteiger partial charge in [-0.2, -0.15) is 5.10 Å². The molecule has 4 heterocycles. The Balaban J connectivity index is 1.15. The van der Waals surface area contributed by atoms with Gasteiger partial charge in [-0.3, -0.25) is 0 Å². The van der Waals surface area contributed by atoms with Gasteiger partial charge in [0.15, 0.2) is 0 Å². The summed E-state index contributed by atoms with van der Waals surface area (Å²) in [5.41, 5.74) is 6.39. The van der Waals surface area contributed by atoms with Crippen LogP contribution in [0.5, 0.6) is 11.5 Å². The molecule has 0 spiro atoms.